The molecule has 0 bridgehead atoms. The smallest absolute Gasteiger partial charge is 0.216 e. The Kier molecular flexibility index (Phi) is 8.10. The van der Waals surface area contributed by atoms with E-state index >= 15 is 0 Å². The van der Waals surface area contributed by atoms with E-state index in [1.807, 2.05) is 38.1 Å². The van der Waals surface area contributed by atoms with Crippen molar-refractivity contribution in [1.29, 1.82) is 0 Å². The first-order chi connectivity index (χ1) is 12.8. The molecule has 1 aromatic carbocycles. The second kappa shape index (κ2) is 10.1. The molecule has 6 nitrogen and oxygen atoms in total. The molecular weight excluding hydrogens is 360 g/mol. The summed E-state index contributed by atoms with van der Waals surface area (Å²) in [5.41, 5.74) is 1.86. The third kappa shape index (κ3) is 7.50. The van der Waals surface area contributed by atoms with E-state index in [9.17, 15) is 8.42 Å². The molecule has 1 saturated heterocycles. The maximum atomic E-state index is 12.0. The average molecular weight is 395 g/mol. The zero-order valence-electron chi connectivity index (χ0n) is 17.0. The van der Waals surface area contributed by atoms with Crippen LogP contribution in [0, 0.1) is 5.92 Å². The number of nitrogens with one attached hydrogen (secondary N) is 2. The van der Waals surface area contributed by atoms with Gasteiger partial charge in [0.2, 0.25) is 10.0 Å². The monoisotopic (exact) mass is 394 g/mol. The van der Waals surface area contributed by atoms with Crippen LogP contribution in [-0.2, 0) is 22.3 Å². The molecule has 0 aliphatic carbocycles. The van der Waals surface area contributed by atoms with E-state index in [0.717, 1.165) is 36.7 Å². The minimum Gasteiger partial charge on any atom is -0.357 e. The lowest BCUT2D eigenvalue weighted by Gasteiger charge is -2.33. The molecule has 0 radical (unpaired) electrons. The van der Waals surface area contributed by atoms with Gasteiger partial charge in [-0.05, 0) is 50.7 Å². The van der Waals surface area contributed by atoms with E-state index in [0.29, 0.717) is 12.5 Å². The van der Waals surface area contributed by atoms with Gasteiger partial charge in [0.1, 0.15) is 0 Å². The first kappa shape index (κ1) is 21.7. The van der Waals surface area contributed by atoms with E-state index in [2.05, 4.69) is 28.8 Å². The Bertz CT molecular complexity index is 714. The van der Waals surface area contributed by atoms with Gasteiger partial charge in [0.25, 0.3) is 0 Å². The van der Waals surface area contributed by atoms with Crippen LogP contribution >= 0.6 is 0 Å². The largest absolute Gasteiger partial charge is 0.357 e. The number of sulfonamides is 1. The summed E-state index contributed by atoms with van der Waals surface area (Å²) in [6.45, 7) is 11.6. The third-order valence-electron chi connectivity index (χ3n) is 4.50. The fourth-order valence-electron chi connectivity index (χ4n) is 3.33. The summed E-state index contributed by atoms with van der Waals surface area (Å²) in [7, 11) is -3.29. The fraction of sp³-hybridized carbons (Fsp3) is 0.650. The van der Waals surface area contributed by atoms with Gasteiger partial charge in [-0.15, -0.1) is 0 Å². The predicted octanol–water partition coefficient (Wildman–Crippen LogP) is 2.71. The van der Waals surface area contributed by atoms with Gasteiger partial charge in [-0.3, -0.25) is 0 Å². The van der Waals surface area contributed by atoms with Crippen molar-refractivity contribution in [3.63, 3.8) is 0 Å². The summed E-state index contributed by atoms with van der Waals surface area (Å²) < 4.78 is 26.7. The van der Waals surface area contributed by atoms with Crippen molar-refractivity contribution in [1.82, 2.24) is 14.9 Å². The van der Waals surface area contributed by atoms with E-state index in [1.165, 1.54) is 12.8 Å². The molecule has 1 aliphatic rings. The van der Waals surface area contributed by atoms with E-state index in [1.54, 1.807) is 0 Å². The molecule has 1 atom stereocenters. The summed E-state index contributed by atoms with van der Waals surface area (Å²) in [6, 6.07) is 7.59. The standard InChI is InChI=1S/C20H34N4O2S/c1-5-21-20(24-12-6-7-17(4)14-24)22-13-18-8-10-19(11-9-18)15-27(25,26)23-16(2)3/h8-11,16-17,23H,5-7,12-15H2,1-4H3,(H,21,22). The van der Waals surface area contributed by atoms with Crippen molar-refractivity contribution in [3.8, 4) is 0 Å². The predicted molar refractivity (Wildman–Crippen MR) is 112 cm³/mol. The van der Waals surface area contributed by atoms with Gasteiger partial charge in [0.15, 0.2) is 5.96 Å². The average Bonchev–Trinajstić information content (AvgIpc) is 2.58. The summed E-state index contributed by atoms with van der Waals surface area (Å²) in [4.78, 5) is 7.13. The van der Waals surface area contributed by atoms with Gasteiger partial charge in [-0.25, -0.2) is 18.1 Å². The quantitative estimate of drug-likeness (QED) is 0.551. The van der Waals surface area contributed by atoms with Crippen LogP contribution in [0.15, 0.2) is 29.3 Å². The summed E-state index contributed by atoms with van der Waals surface area (Å²) in [6.07, 6.45) is 2.49. The summed E-state index contributed by atoms with van der Waals surface area (Å²) in [5, 5.41) is 3.39. The Morgan fingerprint density at radius 2 is 1.93 bits per heavy atom. The number of hydrogen-bond donors (Lipinski definition) is 2. The maximum absolute atomic E-state index is 12.0. The zero-order valence-corrected chi connectivity index (χ0v) is 17.8. The van der Waals surface area contributed by atoms with Crippen LogP contribution in [0.25, 0.3) is 0 Å². The third-order valence-corrected chi connectivity index (χ3v) is 6.04. The van der Waals surface area contributed by atoms with Crippen LogP contribution in [0.1, 0.15) is 51.7 Å². The Morgan fingerprint density at radius 3 is 2.52 bits per heavy atom. The number of hydrogen-bond acceptors (Lipinski definition) is 3. The molecular formula is C20H34N4O2S. The molecule has 0 amide bonds. The van der Waals surface area contributed by atoms with Gasteiger partial charge in [0.05, 0.1) is 12.3 Å². The minimum atomic E-state index is -3.29. The van der Waals surface area contributed by atoms with Crippen LogP contribution in [0.3, 0.4) is 0 Å². The molecule has 1 heterocycles. The van der Waals surface area contributed by atoms with Crippen molar-refractivity contribution in [2.45, 2.75) is 58.9 Å². The molecule has 0 aromatic heterocycles. The first-order valence-electron chi connectivity index (χ1n) is 9.90. The number of rotatable bonds is 7. The zero-order chi connectivity index (χ0) is 19.9. The highest BCUT2D eigenvalue weighted by Gasteiger charge is 2.19. The molecule has 0 saturated carbocycles. The second-order valence-corrected chi connectivity index (χ2v) is 9.47. The highest BCUT2D eigenvalue weighted by atomic mass is 32.2. The summed E-state index contributed by atoms with van der Waals surface area (Å²) in [5.74, 6) is 1.67. The lowest BCUT2D eigenvalue weighted by atomic mass is 10.0. The molecule has 152 valence electrons. The normalized spacial score (nSPS) is 18.8. The van der Waals surface area contributed by atoms with Gasteiger partial charge in [-0.2, -0.15) is 0 Å². The van der Waals surface area contributed by atoms with Gasteiger partial charge < -0.3 is 10.2 Å². The topological polar surface area (TPSA) is 73.8 Å². The van der Waals surface area contributed by atoms with Crippen LogP contribution < -0.4 is 10.0 Å². The lowest BCUT2D eigenvalue weighted by Crippen LogP contribution is -2.46. The Hall–Kier alpha value is -1.60. The second-order valence-electron chi connectivity index (χ2n) is 7.71. The highest BCUT2D eigenvalue weighted by Crippen LogP contribution is 2.16. The highest BCUT2D eigenvalue weighted by molar-refractivity contribution is 7.88. The molecule has 1 aromatic rings. The minimum absolute atomic E-state index is 0.00301. The van der Waals surface area contributed by atoms with Crippen LogP contribution in [-0.4, -0.2) is 45.0 Å². The number of likely N-dealkylation sites (tertiary alicyclic amines) is 1. The van der Waals surface area contributed by atoms with Crippen molar-refractivity contribution < 1.29 is 8.42 Å². The number of aliphatic imine (C=N–C) groups is 1. The van der Waals surface area contributed by atoms with Crippen molar-refractivity contribution >= 4 is 16.0 Å². The van der Waals surface area contributed by atoms with Crippen LogP contribution in [0.2, 0.25) is 0 Å². The molecule has 0 spiro atoms. The lowest BCUT2D eigenvalue weighted by molar-refractivity contribution is 0.266. The Morgan fingerprint density at radius 1 is 1.26 bits per heavy atom. The number of guanidine groups is 1. The van der Waals surface area contributed by atoms with Crippen LogP contribution in [0.5, 0.6) is 0 Å². The number of piperidine rings is 1. The van der Waals surface area contributed by atoms with Crippen molar-refractivity contribution in [2.75, 3.05) is 19.6 Å². The van der Waals surface area contributed by atoms with Gasteiger partial charge in [-0.1, -0.05) is 31.2 Å². The SMILES string of the molecule is CCNC(=NCc1ccc(CS(=O)(=O)NC(C)C)cc1)N1CCCC(C)C1. The molecule has 2 N–H and O–H groups in total. The summed E-state index contributed by atoms with van der Waals surface area (Å²) >= 11 is 0. The van der Waals surface area contributed by atoms with Gasteiger partial charge in [0, 0.05) is 25.7 Å². The number of nitrogens with zero attached hydrogens (tertiary/aromatic N) is 2. The van der Waals surface area contributed by atoms with E-state index in [-0.39, 0.29) is 11.8 Å². The maximum Gasteiger partial charge on any atom is 0.216 e. The molecule has 7 heteroatoms. The van der Waals surface area contributed by atoms with Crippen molar-refractivity contribution in [2.24, 2.45) is 10.9 Å². The number of benzene rings is 1. The van der Waals surface area contributed by atoms with Crippen molar-refractivity contribution in [3.05, 3.63) is 35.4 Å². The van der Waals surface area contributed by atoms with Crippen LogP contribution in [0.4, 0.5) is 0 Å². The fourth-order valence-corrected chi connectivity index (χ4v) is 4.77. The Labute approximate surface area is 164 Å². The molecule has 1 fully saturated rings. The Balaban J connectivity index is 2.00. The molecule has 2 rings (SSSR count). The molecule has 27 heavy (non-hydrogen) atoms. The first-order valence-corrected chi connectivity index (χ1v) is 11.6. The van der Waals surface area contributed by atoms with E-state index < -0.39 is 10.0 Å². The van der Waals surface area contributed by atoms with Gasteiger partial charge >= 0.3 is 0 Å². The van der Waals surface area contributed by atoms with E-state index in [4.69, 9.17) is 4.99 Å². The molecule has 1 unspecified atom stereocenters. The molecule has 1 aliphatic heterocycles.